The van der Waals surface area contributed by atoms with Crippen LogP contribution in [0.1, 0.15) is 30.9 Å². The highest BCUT2D eigenvalue weighted by atomic mass is 35.5. The van der Waals surface area contributed by atoms with Crippen LogP contribution in [0.25, 0.3) is 22.5 Å². The Hall–Kier alpha value is -3.93. The molecule has 1 saturated heterocycles. The van der Waals surface area contributed by atoms with Crippen molar-refractivity contribution in [3.63, 3.8) is 0 Å². The summed E-state index contributed by atoms with van der Waals surface area (Å²) in [4.78, 5) is 20.8. The SMILES string of the molecule is COc1nc(-c2ccnc(-c3cccc(Nc4cccc(CNCC(C)O)c4OC)c3Cl)c2Cl)ccc1CNCC1CCC(=O)N1. The zero-order chi connectivity index (χ0) is 32.6. The van der Waals surface area contributed by atoms with E-state index in [1.807, 2.05) is 54.6 Å². The number of benzene rings is 2. The Kier molecular flexibility index (Phi) is 11.3. The number of ether oxygens (including phenoxy) is 2. The number of para-hydroxylation sites is 1. The lowest BCUT2D eigenvalue weighted by Gasteiger charge is -2.18. The number of aliphatic hydroxyl groups excluding tert-OH is 1. The molecule has 2 aromatic heterocycles. The van der Waals surface area contributed by atoms with Gasteiger partial charge in [0.1, 0.15) is 5.75 Å². The van der Waals surface area contributed by atoms with Crippen LogP contribution in [-0.4, -0.2) is 60.4 Å². The van der Waals surface area contributed by atoms with Gasteiger partial charge in [0, 0.05) is 67.1 Å². The number of pyridine rings is 2. The summed E-state index contributed by atoms with van der Waals surface area (Å²) >= 11 is 14.0. The smallest absolute Gasteiger partial charge is 0.220 e. The fourth-order valence-electron chi connectivity index (χ4n) is 5.41. The summed E-state index contributed by atoms with van der Waals surface area (Å²) in [6.07, 6.45) is 2.63. The number of methoxy groups -OCH3 is 2. The monoisotopic (exact) mass is 664 g/mol. The van der Waals surface area contributed by atoms with Gasteiger partial charge in [0.05, 0.1) is 53.1 Å². The van der Waals surface area contributed by atoms with E-state index in [9.17, 15) is 9.90 Å². The van der Waals surface area contributed by atoms with Crippen molar-refractivity contribution in [2.45, 2.75) is 45.0 Å². The number of hydrogen-bond donors (Lipinski definition) is 5. The van der Waals surface area contributed by atoms with Gasteiger partial charge < -0.3 is 35.8 Å². The second-order valence-corrected chi connectivity index (χ2v) is 11.8. The fraction of sp³-hybridized carbons (Fsp3) is 0.324. The van der Waals surface area contributed by atoms with Gasteiger partial charge >= 0.3 is 0 Å². The molecule has 0 aliphatic carbocycles. The molecule has 0 bridgehead atoms. The van der Waals surface area contributed by atoms with Crippen molar-refractivity contribution in [2.24, 2.45) is 0 Å². The molecule has 1 aliphatic heterocycles. The predicted octanol–water partition coefficient (Wildman–Crippen LogP) is 5.72. The third-order valence-corrected chi connectivity index (χ3v) is 8.46. The molecule has 3 heterocycles. The number of aromatic nitrogens is 2. The molecule has 5 rings (SSSR count). The summed E-state index contributed by atoms with van der Waals surface area (Å²) in [5, 5.41) is 23.4. The Bertz CT molecular complexity index is 1690. The average molecular weight is 666 g/mol. The Morgan fingerprint density at radius 2 is 1.74 bits per heavy atom. The van der Waals surface area contributed by atoms with Gasteiger partial charge in [-0.2, -0.15) is 0 Å². The molecule has 5 N–H and O–H groups in total. The zero-order valence-corrected chi connectivity index (χ0v) is 27.5. The van der Waals surface area contributed by atoms with E-state index in [1.165, 1.54) is 0 Å². The van der Waals surface area contributed by atoms with E-state index in [-0.39, 0.29) is 11.9 Å². The average Bonchev–Trinajstić information content (AvgIpc) is 3.47. The zero-order valence-electron chi connectivity index (χ0n) is 26.0. The van der Waals surface area contributed by atoms with E-state index in [0.29, 0.717) is 82.5 Å². The first-order valence-corrected chi connectivity index (χ1v) is 15.8. The molecule has 2 aromatic carbocycles. The largest absolute Gasteiger partial charge is 0.494 e. The topological polar surface area (TPSA) is 130 Å². The summed E-state index contributed by atoms with van der Waals surface area (Å²) < 4.78 is 11.4. The van der Waals surface area contributed by atoms with E-state index >= 15 is 0 Å². The van der Waals surface area contributed by atoms with E-state index in [1.54, 1.807) is 27.3 Å². The number of hydrogen-bond acceptors (Lipinski definition) is 9. The highest BCUT2D eigenvalue weighted by molar-refractivity contribution is 6.39. The minimum absolute atomic E-state index is 0.0945. The molecular formula is C34H38Cl2N6O4. The van der Waals surface area contributed by atoms with Crippen molar-refractivity contribution in [1.29, 1.82) is 0 Å². The van der Waals surface area contributed by atoms with Crippen molar-refractivity contribution >= 4 is 40.5 Å². The lowest BCUT2D eigenvalue weighted by molar-refractivity contribution is -0.119. The summed E-state index contributed by atoms with van der Waals surface area (Å²) in [6.45, 7) is 3.94. The maximum atomic E-state index is 11.5. The fourth-order valence-corrected chi connectivity index (χ4v) is 5.98. The summed E-state index contributed by atoms with van der Waals surface area (Å²) in [5.41, 5.74) is 5.71. The number of nitrogens with zero attached hydrogens (tertiary/aromatic N) is 2. The van der Waals surface area contributed by atoms with Crippen LogP contribution >= 0.6 is 23.2 Å². The van der Waals surface area contributed by atoms with Gasteiger partial charge in [-0.25, -0.2) is 4.98 Å². The van der Waals surface area contributed by atoms with E-state index < -0.39 is 6.10 Å². The molecule has 46 heavy (non-hydrogen) atoms. The molecule has 2 unspecified atom stereocenters. The second kappa shape index (κ2) is 15.6. The third-order valence-electron chi connectivity index (χ3n) is 7.67. The van der Waals surface area contributed by atoms with Crippen LogP contribution < -0.4 is 30.7 Å². The molecular weight excluding hydrogens is 627 g/mol. The van der Waals surface area contributed by atoms with E-state index in [4.69, 9.17) is 37.7 Å². The first-order valence-electron chi connectivity index (χ1n) is 15.1. The van der Waals surface area contributed by atoms with Gasteiger partial charge in [0.2, 0.25) is 11.8 Å². The molecule has 0 radical (unpaired) electrons. The number of carbonyl (C=O) groups excluding carboxylic acids is 1. The van der Waals surface area contributed by atoms with Gasteiger partial charge in [-0.05, 0) is 37.6 Å². The maximum absolute atomic E-state index is 11.5. The summed E-state index contributed by atoms with van der Waals surface area (Å²) in [5.74, 6) is 1.25. The third kappa shape index (κ3) is 7.89. The lowest BCUT2D eigenvalue weighted by Crippen LogP contribution is -2.35. The summed E-state index contributed by atoms with van der Waals surface area (Å²) in [6, 6.07) is 17.2. The van der Waals surface area contributed by atoms with E-state index in [2.05, 4.69) is 26.3 Å². The van der Waals surface area contributed by atoms with Gasteiger partial charge in [0.15, 0.2) is 0 Å². The Labute approximate surface area is 278 Å². The van der Waals surface area contributed by atoms with Crippen LogP contribution in [0.2, 0.25) is 10.0 Å². The van der Waals surface area contributed by atoms with Crippen molar-refractivity contribution < 1.29 is 19.4 Å². The molecule has 242 valence electrons. The van der Waals surface area contributed by atoms with Gasteiger partial charge in [-0.3, -0.25) is 9.78 Å². The van der Waals surface area contributed by atoms with Crippen molar-refractivity contribution in [3.8, 4) is 34.1 Å². The Balaban J connectivity index is 1.37. The minimum Gasteiger partial charge on any atom is -0.494 e. The van der Waals surface area contributed by atoms with Crippen LogP contribution in [0, 0.1) is 0 Å². The van der Waals surface area contributed by atoms with E-state index in [0.717, 1.165) is 23.2 Å². The molecule has 0 spiro atoms. The lowest BCUT2D eigenvalue weighted by atomic mass is 10.0. The van der Waals surface area contributed by atoms with Gasteiger partial charge in [-0.15, -0.1) is 0 Å². The van der Waals surface area contributed by atoms with Crippen LogP contribution in [0.5, 0.6) is 11.6 Å². The molecule has 1 amide bonds. The first kappa shape index (κ1) is 33.4. The number of nitrogens with one attached hydrogen (secondary N) is 4. The van der Waals surface area contributed by atoms with Crippen molar-refractivity contribution in [2.75, 3.05) is 32.6 Å². The quantitative estimate of drug-likeness (QED) is 0.115. The molecule has 1 aliphatic rings. The van der Waals surface area contributed by atoms with Crippen LogP contribution in [0.15, 0.2) is 60.8 Å². The van der Waals surface area contributed by atoms with Crippen LogP contribution in [0.4, 0.5) is 11.4 Å². The number of carbonyl (C=O) groups is 1. The number of anilines is 2. The Morgan fingerprint density at radius 1 is 0.957 bits per heavy atom. The van der Waals surface area contributed by atoms with Gasteiger partial charge in [0.25, 0.3) is 0 Å². The number of rotatable bonds is 14. The van der Waals surface area contributed by atoms with Crippen LogP contribution in [0.3, 0.4) is 0 Å². The second-order valence-electron chi connectivity index (χ2n) is 11.1. The number of amides is 1. The summed E-state index contributed by atoms with van der Waals surface area (Å²) in [7, 11) is 3.20. The standard InChI is InChI=1S/C34H38Cl2N6O4/c1-20(43)16-37-17-21-6-4-9-28(33(21)45-2)41-27-8-5-7-25(30(27)35)32-31(36)24(14-15-39-32)26-12-10-22(34(42-26)46-3)18-38-19-23-11-13-29(44)40-23/h4-10,12,14-15,20,23,37-38,41,43H,11,13,16-19H2,1-3H3,(H,40,44). The molecule has 10 nitrogen and oxygen atoms in total. The van der Waals surface area contributed by atoms with Crippen LogP contribution in [-0.2, 0) is 17.9 Å². The highest BCUT2D eigenvalue weighted by Crippen LogP contribution is 2.42. The Morgan fingerprint density at radius 3 is 2.48 bits per heavy atom. The molecule has 1 fully saturated rings. The molecule has 12 heteroatoms. The highest BCUT2D eigenvalue weighted by Gasteiger charge is 2.21. The minimum atomic E-state index is -0.453. The molecule has 2 atom stereocenters. The maximum Gasteiger partial charge on any atom is 0.220 e. The number of aliphatic hydroxyl groups is 1. The van der Waals surface area contributed by atoms with Gasteiger partial charge in [-0.1, -0.05) is 53.5 Å². The first-order chi connectivity index (χ1) is 22.3. The molecule has 0 saturated carbocycles. The predicted molar refractivity (Wildman–Crippen MR) is 182 cm³/mol. The normalized spacial score (nSPS) is 15.0. The molecule has 4 aromatic rings. The van der Waals surface area contributed by atoms with Crippen molar-refractivity contribution in [3.05, 3.63) is 82.0 Å². The van der Waals surface area contributed by atoms with Crippen molar-refractivity contribution in [1.82, 2.24) is 25.9 Å². The number of halogens is 2.